The lowest BCUT2D eigenvalue weighted by atomic mass is 9.98. The van der Waals surface area contributed by atoms with Crippen LogP contribution in [0.3, 0.4) is 0 Å². The smallest absolute Gasteiger partial charge is 0.136 e. The highest BCUT2D eigenvalue weighted by Crippen LogP contribution is 2.50. The van der Waals surface area contributed by atoms with Crippen molar-refractivity contribution in [3.05, 3.63) is 212 Å². The predicted octanol–water partition coefficient (Wildman–Crippen LogP) is 16.7. The Balaban J connectivity index is 1.12. The molecule has 0 spiro atoms. The minimum Gasteiger partial charge on any atom is -0.456 e. The molecule has 3 heteroatoms. The quantitative estimate of drug-likeness (QED) is 0.157. The maximum atomic E-state index is 6.57. The van der Waals surface area contributed by atoms with Crippen molar-refractivity contribution in [3.8, 4) is 33.4 Å². The first kappa shape index (κ1) is 33.7. The monoisotopic (exact) mass is 769 g/mol. The number of anilines is 3. The summed E-state index contributed by atoms with van der Waals surface area (Å²) >= 11 is 1.88. The molecular formula is C56H35NOS. The number of hydrogen-bond acceptors (Lipinski definition) is 3. The first-order chi connectivity index (χ1) is 29.2. The van der Waals surface area contributed by atoms with Crippen molar-refractivity contribution < 1.29 is 4.42 Å². The van der Waals surface area contributed by atoms with Gasteiger partial charge in [0, 0.05) is 42.3 Å². The zero-order valence-electron chi connectivity index (χ0n) is 32.0. The molecule has 0 amide bonds. The van der Waals surface area contributed by atoms with Gasteiger partial charge in [-0.1, -0.05) is 158 Å². The molecular weight excluding hydrogens is 735 g/mol. The standard InChI is InChI=1S/C56H35NOS/c1-4-12-36(13-5-1)40-22-26-48-50-35-44(25-31-52(50)58-53(48)33-40)57(43-24-28-46-42(32-43)21-20-39-18-10-11-19-45(39)46)51-30-29-47(38-16-8-3-9-17-38)56-55(51)49-27-23-41(34-54(49)59-56)37-14-6-2-7-15-37/h1-35H. The van der Waals surface area contributed by atoms with E-state index in [0.29, 0.717) is 0 Å². The zero-order chi connectivity index (χ0) is 38.9. The molecule has 12 aromatic rings. The lowest BCUT2D eigenvalue weighted by Gasteiger charge is -2.27. The highest BCUT2D eigenvalue weighted by atomic mass is 32.1. The lowest BCUT2D eigenvalue weighted by Crippen LogP contribution is -2.10. The van der Waals surface area contributed by atoms with Gasteiger partial charge in [0.15, 0.2) is 0 Å². The Kier molecular flexibility index (Phi) is 7.75. The fourth-order valence-corrected chi connectivity index (χ4v) is 10.3. The summed E-state index contributed by atoms with van der Waals surface area (Å²) in [6, 6.07) is 77.0. The van der Waals surface area contributed by atoms with Crippen molar-refractivity contribution in [3.63, 3.8) is 0 Å². The Morgan fingerprint density at radius 2 is 0.966 bits per heavy atom. The van der Waals surface area contributed by atoms with E-state index < -0.39 is 0 Å². The average Bonchev–Trinajstić information content (AvgIpc) is 3.88. The van der Waals surface area contributed by atoms with Crippen LogP contribution in [0.4, 0.5) is 17.1 Å². The number of benzene rings is 10. The van der Waals surface area contributed by atoms with Gasteiger partial charge in [-0.15, -0.1) is 11.3 Å². The maximum absolute atomic E-state index is 6.57. The minimum atomic E-state index is 0.873. The average molecular weight is 770 g/mol. The van der Waals surface area contributed by atoms with Crippen molar-refractivity contribution >= 4 is 92.1 Å². The van der Waals surface area contributed by atoms with E-state index in [0.717, 1.165) is 44.6 Å². The van der Waals surface area contributed by atoms with E-state index in [1.54, 1.807) is 0 Å². The van der Waals surface area contributed by atoms with Gasteiger partial charge in [-0.3, -0.25) is 0 Å². The SMILES string of the molecule is c1ccc(-c2ccc3c(c2)oc2ccc(N(c4ccc5c(ccc6ccccc65)c4)c4ccc(-c5ccccc5)c5sc6cc(-c7ccccc7)ccc6c45)cc23)cc1. The normalized spacial score (nSPS) is 11.7. The van der Waals surface area contributed by atoms with Crippen LogP contribution in [-0.4, -0.2) is 0 Å². The van der Waals surface area contributed by atoms with Crippen LogP contribution in [0.2, 0.25) is 0 Å². The molecule has 2 aromatic heterocycles. The Morgan fingerprint density at radius 3 is 1.75 bits per heavy atom. The van der Waals surface area contributed by atoms with Gasteiger partial charge in [0.25, 0.3) is 0 Å². The topological polar surface area (TPSA) is 16.4 Å². The lowest BCUT2D eigenvalue weighted by molar-refractivity contribution is 0.669. The Bertz CT molecular complexity index is 3550. The second-order valence-electron chi connectivity index (χ2n) is 15.3. The molecule has 0 N–H and O–H groups in total. The van der Waals surface area contributed by atoms with Crippen LogP contribution in [0.25, 0.3) is 97.0 Å². The molecule has 0 bridgehead atoms. The first-order valence-electron chi connectivity index (χ1n) is 20.1. The molecule has 0 aliphatic carbocycles. The van der Waals surface area contributed by atoms with Crippen LogP contribution in [0, 0.1) is 0 Å². The summed E-state index contributed by atoms with van der Waals surface area (Å²) < 4.78 is 9.11. The van der Waals surface area contributed by atoms with Gasteiger partial charge < -0.3 is 9.32 Å². The molecule has 0 aliphatic rings. The summed E-state index contributed by atoms with van der Waals surface area (Å²) in [5.74, 6) is 0. The predicted molar refractivity (Wildman–Crippen MR) is 253 cm³/mol. The van der Waals surface area contributed by atoms with E-state index in [4.69, 9.17) is 4.42 Å². The molecule has 0 saturated heterocycles. The number of rotatable bonds is 6. The molecule has 0 atom stereocenters. The van der Waals surface area contributed by atoms with E-state index in [9.17, 15) is 0 Å². The van der Waals surface area contributed by atoms with E-state index in [1.165, 1.54) is 69.5 Å². The van der Waals surface area contributed by atoms with Crippen molar-refractivity contribution in [2.45, 2.75) is 0 Å². The molecule has 0 fully saturated rings. The molecule has 276 valence electrons. The third kappa shape index (κ3) is 5.62. The Hall–Kier alpha value is -7.46. The third-order valence-corrected chi connectivity index (χ3v) is 13.0. The van der Waals surface area contributed by atoms with Crippen LogP contribution in [-0.2, 0) is 0 Å². The maximum Gasteiger partial charge on any atom is 0.136 e. The third-order valence-electron chi connectivity index (χ3n) is 11.8. The van der Waals surface area contributed by atoms with Gasteiger partial charge in [-0.25, -0.2) is 0 Å². The molecule has 59 heavy (non-hydrogen) atoms. The highest BCUT2D eigenvalue weighted by Gasteiger charge is 2.23. The molecule has 10 aromatic carbocycles. The first-order valence-corrected chi connectivity index (χ1v) is 20.9. The fourth-order valence-electron chi connectivity index (χ4n) is 8.98. The van der Waals surface area contributed by atoms with Crippen LogP contribution in [0.1, 0.15) is 0 Å². The van der Waals surface area contributed by atoms with Gasteiger partial charge in [-0.05, 0) is 110 Å². The molecule has 12 rings (SSSR count). The molecule has 2 heterocycles. The Labute approximate surface area is 345 Å². The summed E-state index contributed by atoms with van der Waals surface area (Å²) in [6.45, 7) is 0. The van der Waals surface area contributed by atoms with E-state index in [1.807, 2.05) is 11.3 Å². The summed E-state index contributed by atoms with van der Waals surface area (Å²) in [7, 11) is 0. The van der Waals surface area contributed by atoms with Crippen molar-refractivity contribution in [2.75, 3.05) is 4.90 Å². The number of fused-ring (bicyclic) bond motifs is 9. The van der Waals surface area contributed by atoms with Crippen LogP contribution in [0.5, 0.6) is 0 Å². The van der Waals surface area contributed by atoms with E-state index in [2.05, 4.69) is 217 Å². The number of nitrogens with zero attached hydrogens (tertiary/aromatic N) is 1. The second-order valence-corrected chi connectivity index (χ2v) is 16.3. The summed E-state index contributed by atoms with van der Waals surface area (Å²) in [5, 5.41) is 9.64. The minimum absolute atomic E-state index is 0.873. The van der Waals surface area contributed by atoms with Gasteiger partial charge in [0.2, 0.25) is 0 Å². The molecule has 0 saturated carbocycles. The summed E-state index contributed by atoms with van der Waals surface area (Å²) in [4.78, 5) is 2.46. The molecule has 0 unspecified atom stereocenters. The van der Waals surface area contributed by atoms with Crippen LogP contribution < -0.4 is 4.90 Å². The Morgan fingerprint density at radius 1 is 0.356 bits per heavy atom. The van der Waals surface area contributed by atoms with Crippen LogP contribution >= 0.6 is 11.3 Å². The van der Waals surface area contributed by atoms with Gasteiger partial charge in [0.1, 0.15) is 11.2 Å². The van der Waals surface area contributed by atoms with E-state index in [-0.39, 0.29) is 0 Å². The molecule has 0 radical (unpaired) electrons. The summed E-state index contributed by atoms with van der Waals surface area (Å²) in [6.07, 6.45) is 0. The van der Waals surface area contributed by atoms with Gasteiger partial charge in [-0.2, -0.15) is 0 Å². The van der Waals surface area contributed by atoms with Gasteiger partial charge >= 0.3 is 0 Å². The number of hydrogen-bond donors (Lipinski definition) is 0. The largest absolute Gasteiger partial charge is 0.456 e. The van der Waals surface area contributed by atoms with Crippen molar-refractivity contribution in [1.29, 1.82) is 0 Å². The fraction of sp³-hybridized carbons (Fsp3) is 0. The van der Waals surface area contributed by atoms with Crippen molar-refractivity contribution in [2.24, 2.45) is 0 Å². The number of furan rings is 1. The highest BCUT2D eigenvalue weighted by molar-refractivity contribution is 7.26. The summed E-state index contributed by atoms with van der Waals surface area (Å²) in [5.41, 5.74) is 12.3. The molecule has 0 aliphatic heterocycles. The molecule has 2 nitrogen and oxygen atoms in total. The zero-order valence-corrected chi connectivity index (χ0v) is 32.8. The van der Waals surface area contributed by atoms with E-state index >= 15 is 0 Å². The van der Waals surface area contributed by atoms with Gasteiger partial charge in [0.05, 0.1) is 5.69 Å². The van der Waals surface area contributed by atoms with Crippen LogP contribution in [0.15, 0.2) is 217 Å². The number of thiophene rings is 1. The second kappa shape index (κ2) is 13.6. The van der Waals surface area contributed by atoms with Crippen molar-refractivity contribution in [1.82, 2.24) is 0 Å².